The number of aryl methyl sites for hydroxylation is 1. The number of rotatable bonds is 4. The number of esters is 1. The van der Waals surface area contributed by atoms with Crippen LogP contribution in [0.2, 0.25) is 0 Å². The lowest BCUT2D eigenvalue weighted by Crippen LogP contribution is -2.48. The van der Waals surface area contributed by atoms with Crippen molar-refractivity contribution in [3.63, 3.8) is 0 Å². The molecule has 1 aliphatic heterocycles. The third-order valence-electron chi connectivity index (χ3n) is 4.89. The molecule has 1 amide bonds. The molecule has 0 N–H and O–H groups in total. The lowest BCUT2D eigenvalue weighted by Gasteiger charge is -2.34. The molecule has 0 spiro atoms. The van der Waals surface area contributed by atoms with Crippen LogP contribution >= 0.6 is 0 Å². The summed E-state index contributed by atoms with van der Waals surface area (Å²) in [5, 5.41) is 0. The van der Waals surface area contributed by atoms with E-state index in [1.54, 1.807) is 18.2 Å². The Bertz CT molecular complexity index is 664. The van der Waals surface area contributed by atoms with Crippen molar-refractivity contribution in [1.82, 2.24) is 14.5 Å². The van der Waals surface area contributed by atoms with Crippen LogP contribution in [0.25, 0.3) is 0 Å². The second-order valence-corrected chi connectivity index (χ2v) is 8.38. The molecule has 1 aromatic heterocycles. The van der Waals surface area contributed by atoms with Crippen LogP contribution in [0.1, 0.15) is 53.7 Å². The number of likely N-dealkylation sites (tertiary alicyclic amines) is 1. The summed E-state index contributed by atoms with van der Waals surface area (Å²) in [6, 6.07) is -0.830. The van der Waals surface area contributed by atoms with Crippen LogP contribution in [0.15, 0.2) is 12.5 Å². The number of hydrogen-bond donors (Lipinski definition) is 0. The van der Waals surface area contributed by atoms with Gasteiger partial charge in [0.25, 0.3) is 0 Å². The second kappa shape index (κ2) is 7.29. The van der Waals surface area contributed by atoms with E-state index < -0.39 is 17.7 Å². The standard InChI is InChI=1S/C19H31N3O4/c1-8-25-16(23)15-9-19(7,11-21-10-13(2)20-12-21)14(3)22(15)17(24)26-18(4,5)6/h10,12,14-15H,8-9,11H2,1-7H3/t14-,15?,19-/m1/s1. The Morgan fingerprint density at radius 3 is 2.54 bits per heavy atom. The van der Waals surface area contributed by atoms with Crippen LogP contribution in [0.4, 0.5) is 4.79 Å². The summed E-state index contributed by atoms with van der Waals surface area (Å²) < 4.78 is 12.8. The van der Waals surface area contributed by atoms with Crippen molar-refractivity contribution >= 4 is 12.1 Å². The van der Waals surface area contributed by atoms with Gasteiger partial charge in [-0.3, -0.25) is 4.90 Å². The van der Waals surface area contributed by atoms with E-state index in [4.69, 9.17) is 9.47 Å². The summed E-state index contributed by atoms with van der Waals surface area (Å²) >= 11 is 0. The topological polar surface area (TPSA) is 73.7 Å². The number of imidazole rings is 1. The number of nitrogens with zero attached hydrogens (tertiary/aromatic N) is 3. The molecule has 26 heavy (non-hydrogen) atoms. The molecule has 1 unspecified atom stereocenters. The van der Waals surface area contributed by atoms with E-state index in [2.05, 4.69) is 11.9 Å². The lowest BCUT2D eigenvalue weighted by molar-refractivity contribution is -0.148. The molecular formula is C19H31N3O4. The van der Waals surface area contributed by atoms with Crippen molar-refractivity contribution in [1.29, 1.82) is 0 Å². The number of ether oxygens (including phenoxy) is 2. The van der Waals surface area contributed by atoms with E-state index in [0.717, 1.165) is 5.69 Å². The summed E-state index contributed by atoms with van der Waals surface area (Å²) in [6.45, 7) is 14.1. The smallest absolute Gasteiger partial charge is 0.411 e. The summed E-state index contributed by atoms with van der Waals surface area (Å²) in [5.41, 5.74) is 0.00276. The highest BCUT2D eigenvalue weighted by Gasteiger charge is 2.53. The molecule has 3 atom stereocenters. The van der Waals surface area contributed by atoms with Crippen molar-refractivity contribution in [2.24, 2.45) is 5.41 Å². The third kappa shape index (κ3) is 4.37. The normalized spacial score (nSPS) is 26.0. The van der Waals surface area contributed by atoms with Gasteiger partial charge in [-0.05, 0) is 48.0 Å². The first kappa shape index (κ1) is 20.3. The van der Waals surface area contributed by atoms with Crippen molar-refractivity contribution < 1.29 is 19.1 Å². The lowest BCUT2D eigenvalue weighted by atomic mass is 9.82. The van der Waals surface area contributed by atoms with Gasteiger partial charge in [0.1, 0.15) is 11.6 Å². The first-order valence-corrected chi connectivity index (χ1v) is 9.13. The number of amides is 1. The Balaban J connectivity index is 2.30. The molecule has 1 fully saturated rings. The average Bonchev–Trinajstić information content (AvgIpc) is 3.00. The molecule has 7 nitrogen and oxygen atoms in total. The Labute approximate surface area is 155 Å². The van der Waals surface area contributed by atoms with E-state index in [9.17, 15) is 9.59 Å². The van der Waals surface area contributed by atoms with Crippen LogP contribution in [-0.4, -0.2) is 50.8 Å². The Morgan fingerprint density at radius 1 is 1.38 bits per heavy atom. The molecule has 146 valence electrons. The minimum absolute atomic E-state index is 0.186. The first-order chi connectivity index (χ1) is 12.0. The fourth-order valence-electron chi connectivity index (χ4n) is 3.52. The van der Waals surface area contributed by atoms with Crippen LogP contribution in [0.5, 0.6) is 0 Å². The average molecular weight is 365 g/mol. The van der Waals surface area contributed by atoms with Crippen LogP contribution in [0.3, 0.4) is 0 Å². The van der Waals surface area contributed by atoms with Gasteiger partial charge in [-0.2, -0.15) is 0 Å². The maximum atomic E-state index is 12.8. The summed E-state index contributed by atoms with van der Waals surface area (Å²) in [6.07, 6.45) is 3.79. The predicted molar refractivity (Wildman–Crippen MR) is 97.6 cm³/mol. The number of carbonyl (C=O) groups excluding carboxylic acids is 2. The van der Waals surface area contributed by atoms with E-state index in [1.807, 2.05) is 45.4 Å². The monoisotopic (exact) mass is 365 g/mol. The van der Waals surface area contributed by atoms with Crippen LogP contribution in [0, 0.1) is 12.3 Å². The van der Waals surface area contributed by atoms with Gasteiger partial charge in [-0.25, -0.2) is 14.6 Å². The quantitative estimate of drug-likeness (QED) is 0.766. The van der Waals surface area contributed by atoms with E-state index in [-0.39, 0.29) is 24.0 Å². The molecule has 0 saturated carbocycles. The maximum Gasteiger partial charge on any atom is 0.411 e. The maximum absolute atomic E-state index is 12.8. The van der Waals surface area contributed by atoms with Gasteiger partial charge in [-0.1, -0.05) is 6.92 Å². The molecule has 0 aromatic carbocycles. The largest absolute Gasteiger partial charge is 0.464 e. The summed E-state index contributed by atoms with van der Waals surface area (Å²) in [4.78, 5) is 31.2. The van der Waals surface area contributed by atoms with Gasteiger partial charge >= 0.3 is 12.1 Å². The summed E-state index contributed by atoms with van der Waals surface area (Å²) in [7, 11) is 0. The zero-order valence-electron chi connectivity index (χ0n) is 16.9. The molecule has 7 heteroatoms. The Hall–Kier alpha value is -2.05. The molecule has 0 radical (unpaired) electrons. The van der Waals surface area contributed by atoms with Crippen LogP contribution in [-0.2, 0) is 20.8 Å². The fourth-order valence-corrected chi connectivity index (χ4v) is 3.52. The number of hydrogen-bond acceptors (Lipinski definition) is 5. The van der Waals surface area contributed by atoms with E-state index in [0.29, 0.717) is 13.0 Å². The molecule has 2 heterocycles. The second-order valence-electron chi connectivity index (χ2n) is 8.38. The van der Waals surface area contributed by atoms with Crippen molar-refractivity contribution in [3.05, 3.63) is 18.2 Å². The molecule has 1 aromatic rings. The van der Waals surface area contributed by atoms with Gasteiger partial charge < -0.3 is 14.0 Å². The highest BCUT2D eigenvalue weighted by atomic mass is 16.6. The molecule has 1 saturated heterocycles. The van der Waals surface area contributed by atoms with Gasteiger partial charge in [0, 0.05) is 24.2 Å². The third-order valence-corrected chi connectivity index (χ3v) is 4.89. The van der Waals surface area contributed by atoms with E-state index >= 15 is 0 Å². The molecular weight excluding hydrogens is 334 g/mol. The zero-order valence-corrected chi connectivity index (χ0v) is 16.9. The van der Waals surface area contributed by atoms with Gasteiger partial charge in [0.15, 0.2) is 0 Å². The van der Waals surface area contributed by atoms with Gasteiger partial charge in [0.05, 0.1) is 18.6 Å². The molecule has 1 aliphatic rings. The Morgan fingerprint density at radius 2 is 2.04 bits per heavy atom. The van der Waals surface area contributed by atoms with E-state index in [1.165, 1.54) is 0 Å². The number of aromatic nitrogens is 2. The van der Waals surface area contributed by atoms with Gasteiger partial charge in [-0.15, -0.1) is 0 Å². The first-order valence-electron chi connectivity index (χ1n) is 9.13. The predicted octanol–water partition coefficient (Wildman–Crippen LogP) is 3.16. The highest BCUT2D eigenvalue weighted by Crippen LogP contribution is 2.43. The fraction of sp³-hybridized carbons (Fsp3) is 0.737. The SMILES string of the molecule is CCOC(=O)C1C[C@](C)(Cn2cnc(C)c2)[C@@H](C)N1C(=O)OC(C)(C)C. The summed E-state index contributed by atoms with van der Waals surface area (Å²) in [5.74, 6) is -0.379. The van der Waals surface area contributed by atoms with Gasteiger partial charge in [0.2, 0.25) is 0 Å². The van der Waals surface area contributed by atoms with Crippen molar-refractivity contribution in [2.75, 3.05) is 6.61 Å². The minimum Gasteiger partial charge on any atom is -0.464 e. The molecule has 0 bridgehead atoms. The molecule has 2 rings (SSSR count). The molecule has 0 aliphatic carbocycles. The van der Waals surface area contributed by atoms with Crippen molar-refractivity contribution in [3.8, 4) is 0 Å². The highest BCUT2D eigenvalue weighted by molar-refractivity contribution is 5.82. The minimum atomic E-state index is -0.644. The number of carbonyl (C=O) groups is 2. The Kier molecular flexibility index (Phi) is 5.68. The van der Waals surface area contributed by atoms with Crippen molar-refractivity contribution in [2.45, 2.75) is 79.1 Å². The zero-order chi connectivity index (χ0) is 19.7. The van der Waals surface area contributed by atoms with Crippen LogP contribution < -0.4 is 0 Å².